The van der Waals surface area contributed by atoms with Gasteiger partial charge in [0.1, 0.15) is 5.82 Å². The summed E-state index contributed by atoms with van der Waals surface area (Å²) in [6, 6.07) is 6.56. The molecule has 4 N–H and O–H groups in total. The van der Waals surface area contributed by atoms with Crippen LogP contribution in [-0.4, -0.2) is 40.0 Å². The molecule has 2 aliphatic rings. The van der Waals surface area contributed by atoms with Crippen LogP contribution in [0.15, 0.2) is 30.5 Å². The van der Waals surface area contributed by atoms with Crippen LogP contribution in [0.1, 0.15) is 60.4 Å². The number of carboxylic acids is 1. The van der Waals surface area contributed by atoms with Crippen molar-refractivity contribution in [1.29, 1.82) is 0 Å². The van der Waals surface area contributed by atoms with Crippen LogP contribution in [0.25, 0.3) is 0 Å². The van der Waals surface area contributed by atoms with Crippen molar-refractivity contribution in [2.24, 2.45) is 5.92 Å². The summed E-state index contributed by atoms with van der Waals surface area (Å²) in [5.41, 5.74) is 1.94. The van der Waals surface area contributed by atoms with E-state index in [1.165, 1.54) is 0 Å². The number of rotatable bonds is 10. The zero-order valence-electron chi connectivity index (χ0n) is 16.9. The molecule has 0 saturated heterocycles. The molecular formula is C22H27N5O3. The molecular weight excluding hydrogens is 382 g/mol. The van der Waals surface area contributed by atoms with E-state index in [1.807, 2.05) is 6.20 Å². The number of anilines is 3. The monoisotopic (exact) mass is 409 g/mol. The fourth-order valence-electron chi connectivity index (χ4n) is 3.47. The Hall–Kier alpha value is -3.16. The van der Waals surface area contributed by atoms with Crippen LogP contribution < -0.4 is 16.0 Å². The molecule has 4 rings (SSSR count). The van der Waals surface area contributed by atoms with E-state index in [-0.39, 0.29) is 17.4 Å². The van der Waals surface area contributed by atoms with Gasteiger partial charge < -0.3 is 21.1 Å². The van der Waals surface area contributed by atoms with Crippen molar-refractivity contribution in [2.45, 2.75) is 44.4 Å². The fraction of sp³-hybridized carbons (Fsp3) is 0.455. The number of amides is 1. The number of nitrogens with one attached hydrogen (secondary N) is 3. The van der Waals surface area contributed by atoms with Crippen molar-refractivity contribution >= 4 is 29.3 Å². The van der Waals surface area contributed by atoms with E-state index >= 15 is 0 Å². The van der Waals surface area contributed by atoms with Gasteiger partial charge in [0.15, 0.2) is 0 Å². The Balaban J connectivity index is 1.35. The van der Waals surface area contributed by atoms with Crippen LogP contribution in [-0.2, 0) is 4.79 Å². The van der Waals surface area contributed by atoms with Gasteiger partial charge in [0.25, 0.3) is 0 Å². The first kappa shape index (κ1) is 20.1. The number of hydrogen-bond acceptors (Lipinski definition) is 6. The summed E-state index contributed by atoms with van der Waals surface area (Å²) in [6.45, 7) is 1.36. The molecule has 0 radical (unpaired) electrons. The molecule has 2 fully saturated rings. The molecule has 0 bridgehead atoms. The molecule has 1 heterocycles. The molecule has 0 spiro atoms. The number of carbonyl (C=O) groups is 2. The maximum absolute atomic E-state index is 11.9. The van der Waals surface area contributed by atoms with Gasteiger partial charge in [-0.1, -0.05) is 12.5 Å². The lowest BCUT2D eigenvalue weighted by atomic mass is 9.85. The second-order valence-electron chi connectivity index (χ2n) is 7.98. The van der Waals surface area contributed by atoms with Crippen molar-refractivity contribution in [3.05, 3.63) is 41.6 Å². The highest BCUT2D eigenvalue weighted by molar-refractivity contribution is 5.89. The van der Waals surface area contributed by atoms with Crippen molar-refractivity contribution in [1.82, 2.24) is 15.3 Å². The van der Waals surface area contributed by atoms with Gasteiger partial charge in [-0.2, -0.15) is 4.98 Å². The third-order valence-electron chi connectivity index (χ3n) is 5.62. The molecule has 1 aromatic carbocycles. The van der Waals surface area contributed by atoms with Gasteiger partial charge in [0, 0.05) is 36.5 Å². The number of aromatic nitrogens is 2. The molecule has 2 aromatic rings. The van der Waals surface area contributed by atoms with Crippen LogP contribution in [0.3, 0.4) is 0 Å². The summed E-state index contributed by atoms with van der Waals surface area (Å²) in [5.74, 6) is 1.13. The third kappa shape index (κ3) is 5.06. The number of hydrogen-bond donors (Lipinski definition) is 4. The van der Waals surface area contributed by atoms with Crippen LogP contribution in [0.5, 0.6) is 0 Å². The maximum Gasteiger partial charge on any atom is 0.335 e. The zero-order chi connectivity index (χ0) is 20.9. The predicted octanol–water partition coefficient (Wildman–Crippen LogP) is 3.51. The first-order valence-electron chi connectivity index (χ1n) is 10.6. The Kier molecular flexibility index (Phi) is 6.11. The first-order valence-corrected chi connectivity index (χ1v) is 10.6. The molecule has 1 aromatic heterocycles. The van der Waals surface area contributed by atoms with Gasteiger partial charge >= 0.3 is 5.97 Å². The highest BCUT2D eigenvalue weighted by Crippen LogP contribution is 2.42. The van der Waals surface area contributed by atoms with E-state index in [0.717, 1.165) is 49.9 Å². The number of nitrogens with zero attached hydrogens (tertiary/aromatic N) is 2. The molecule has 2 aliphatic carbocycles. The van der Waals surface area contributed by atoms with Gasteiger partial charge in [-0.05, 0) is 56.2 Å². The van der Waals surface area contributed by atoms with Crippen molar-refractivity contribution < 1.29 is 14.7 Å². The summed E-state index contributed by atoms with van der Waals surface area (Å²) >= 11 is 0. The van der Waals surface area contributed by atoms with Crippen LogP contribution >= 0.6 is 0 Å². The smallest absolute Gasteiger partial charge is 0.335 e. The molecule has 8 heteroatoms. The average Bonchev–Trinajstić information content (AvgIpc) is 3.52. The predicted molar refractivity (Wildman–Crippen MR) is 114 cm³/mol. The van der Waals surface area contributed by atoms with E-state index in [9.17, 15) is 9.59 Å². The van der Waals surface area contributed by atoms with Crippen LogP contribution in [0, 0.1) is 5.92 Å². The highest BCUT2D eigenvalue weighted by atomic mass is 16.4. The minimum atomic E-state index is -0.976. The van der Waals surface area contributed by atoms with E-state index in [4.69, 9.17) is 5.11 Å². The molecule has 1 amide bonds. The number of aromatic carboxylic acids is 1. The van der Waals surface area contributed by atoms with E-state index < -0.39 is 5.97 Å². The van der Waals surface area contributed by atoms with Gasteiger partial charge in [-0.25, -0.2) is 9.78 Å². The maximum atomic E-state index is 11.9. The summed E-state index contributed by atoms with van der Waals surface area (Å²) in [5, 5.41) is 18.6. The lowest BCUT2D eigenvalue weighted by molar-refractivity contribution is -0.127. The van der Waals surface area contributed by atoms with E-state index in [1.54, 1.807) is 24.3 Å². The lowest BCUT2D eigenvalue weighted by Crippen LogP contribution is -2.35. The first-order chi connectivity index (χ1) is 14.6. The SMILES string of the molecule is O=C(O)c1cccc(Nc2ncc(C3CC3)c(NCCCNC(=O)C3CCC3)n2)c1. The minimum Gasteiger partial charge on any atom is -0.478 e. The Morgan fingerprint density at radius 1 is 1.13 bits per heavy atom. The quantitative estimate of drug-likeness (QED) is 0.444. The topological polar surface area (TPSA) is 116 Å². The normalized spacial score (nSPS) is 15.9. The van der Waals surface area contributed by atoms with Gasteiger partial charge in [0.05, 0.1) is 5.56 Å². The lowest BCUT2D eigenvalue weighted by Gasteiger charge is -2.24. The molecule has 0 unspecified atom stereocenters. The summed E-state index contributed by atoms with van der Waals surface area (Å²) in [7, 11) is 0. The minimum absolute atomic E-state index is 0.178. The molecule has 30 heavy (non-hydrogen) atoms. The Morgan fingerprint density at radius 3 is 2.67 bits per heavy atom. The molecule has 8 nitrogen and oxygen atoms in total. The third-order valence-corrected chi connectivity index (χ3v) is 5.62. The van der Waals surface area contributed by atoms with E-state index in [0.29, 0.717) is 30.6 Å². The highest BCUT2D eigenvalue weighted by Gasteiger charge is 2.28. The van der Waals surface area contributed by atoms with Crippen molar-refractivity contribution in [3.63, 3.8) is 0 Å². The Bertz CT molecular complexity index is 925. The Labute approximate surface area is 175 Å². The van der Waals surface area contributed by atoms with Crippen LogP contribution in [0.2, 0.25) is 0 Å². The van der Waals surface area contributed by atoms with Crippen LogP contribution in [0.4, 0.5) is 17.5 Å². The van der Waals surface area contributed by atoms with Gasteiger partial charge in [0.2, 0.25) is 11.9 Å². The summed E-state index contributed by atoms with van der Waals surface area (Å²) in [4.78, 5) is 32.1. The zero-order valence-corrected chi connectivity index (χ0v) is 16.9. The fourth-order valence-corrected chi connectivity index (χ4v) is 3.47. The van der Waals surface area contributed by atoms with Gasteiger partial charge in [-0.3, -0.25) is 4.79 Å². The van der Waals surface area contributed by atoms with Crippen molar-refractivity contribution in [3.8, 4) is 0 Å². The second-order valence-corrected chi connectivity index (χ2v) is 7.98. The number of carboxylic acid groups (broad SMARTS) is 1. The standard InChI is InChI=1S/C22H27N5O3/c28-20(15-4-1-5-15)24-11-3-10-23-19-18(14-8-9-14)13-25-22(27-19)26-17-7-2-6-16(12-17)21(29)30/h2,6-7,12-15H,1,3-5,8-11H2,(H,24,28)(H,29,30)(H2,23,25,26,27). The number of carbonyl (C=O) groups excluding carboxylic acids is 1. The second kappa shape index (κ2) is 9.11. The summed E-state index contributed by atoms with van der Waals surface area (Å²) in [6.07, 6.45) is 8.13. The molecule has 0 aliphatic heterocycles. The molecule has 2 saturated carbocycles. The largest absolute Gasteiger partial charge is 0.478 e. The summed E-state index contributed by atoms with van der Waals surface area (Å²) < 4.78 is 0. The van der Waals surface area contributed by atoms with E-state index in [2.05, 4.69) is 25.9 Å². The number of benzene rings is 1. The Morgan fingerprint density at radius 2 is 1.97 bits per heavy atom. The molecule has 158 valence electrons. The van der Waals surface area contributed by atoms with Gasteiger partial charge in [-0.15, -0.1) is 0 Å². The average molecular weight is 409 g/mol. The molecule has 0 atom stereocenters. The van der Waals surface area contributed by atoms with Crippen molar-refractivity contribution in [2.75, 3.05) is 23.7 Å².